The lowest BCUT2D eigenvalue weighted by atomic mass is 9.87. The van der Waals surface area contributed by atoms with Crippen LogP contribution in [0.25, 0.3) is 5.70 Å². The van der Waals surface area contributed by atoms with Crippen molar-refractivity contribution in [1.82, 2.24) is 14.9 Å². The van der Waals surface area contributed by atoms with Crippen molar-refractivity contribution in [2.45, 2.75) is 39.0 Å². The van der Waals surface area contributed by atoms with Gasteiger partial charge in [-0.25, -0.2) is 4.98 Å². The predicted molar refractivity (Wildman–Crippen MR) is 86.6 cm³/mol. The molecule has 0 amide bonds. The molecular formula is C18H19N3O2. The summed E-state index contributed by atoms with van der Waals surface area (Å²) in [7, 11) is 0. The van der Waals surface area contributed by atoms with Crippen LogP contribution in [0.3, 0.4) is 0 Å². The second kappa shape index (κ2) is 5.06. The van der Waals surface area contributed by atoms with Gasteiger partial charge in [-0.2, -0.15) is 0 Å². The minimum atomic E-state index is -1.06. The first-order valence-electron chi connectivity index (χ1n) is 7.89. The molecule has 0 saturated carbocycles. The second-order valence-corrected chi connectivity index (χ2v) is 6.20. The summed E-state index contributed by atoms with van der Waals surface area (Å²) < 4.78 is 2.15. The normalized spacial score (nSPS) is 23.3. The van der Waals surface area contributed by atoms with Gasteiger partial charge < -0.3 is 15.0 Å². The van der Waals surface area contributed by atoms with Gasteiger partial charge in [-0.15, -0.1) is 0 Å². The summed E-state index contributed by atoms with van der Waals surface area (Å²) in [6, 6.07) is 9.15. The third kappa shape index (κ3) is 2.04. The SMILES string of the molecule is Cc1nc2n(c1C)CCC1=C2N[C@H](c2ccccc2)[C@@H](O)C1=O. The van der Waals surface area contributed by atoms with E-state index in [2.05, 4.69) is 14.9 Å². The van der Waals surface area contributed by atoms with E-state index in [0.717, 1.165) is 35.0 Å². The molecule has 2 aromatic rings. The first kappa shape index (κ1) is 14.2. The number of aromatic nitrogens is 2. The van der Waals surface area contributed by atoms with Crippen LogP contribution >= 0.6 is 0 Å². The molecule has 0 aliphatic carbocycles. The van der Waals surface area contributed by atoms with Gasteiger partial charge in [0.2, 0.25) is 0 Å². The van der Waals surface area contributed by atoms with E-state index in [9.17, 15) is 9.90 Å². The predicted octanol–water partition coefficient (Wildman–Crippen LogP) is 1.89. The Morgan fingerprint density at radius 1 is 1.26 bits per heavy atom. The number of fused-ring (bicyclic) bond motifs is 2. The maximum Gasteiger partial charge on any atom is 0.192 e. The standard InChI is InChI=1S/C18H19N3O2/c1-10-11(2)21-9-8-13-15(18(21)19-10)20-14(17(23)16(13)22)12-6-4-3-5-7-12/h3-7,14,17,20,23H,8-9H2,1-2H3/t14-,17-/m1/s1. The Labute approximate surface area is 134 Å². The van der Waals surface area contributed by atoms with Crippen molar-refractivity contribution >= 4 is 11.5 Å². The third-order valence-corrected chi connectivity index (χ3v) is 4.91. The van der Waals surface area contributed by atoms with Gasteiger partial charge in [0.05, 0.1) is 17.4 Å². The number of aliphatic hydroxyl groups excluding tert-OH is 1. The number of aliphatic hydroxyl groups is 1. The molecule has 3 heterocycles. The summed E-state index contributed by atoms with van der Waals surface area (Å²) in [5.41, 5.74) is 4.45. The zero-order chi connectivity index (χ0) is 16.1. The van der Waals surface area contributed by atoms with Crippen LogP contribution in [-0.4, -0.2) is 26.5 Å². The van der Waals surface area contributed by atoms with Gasteiger partial charge in [-0.1, -0.05) is 30.3 Å². The largest absolute Gasteiger partial charge is 0.382 e. The Bertz CT molecular complexity index is 820. The van der Waals surface area contributed by atoms with Crippen molar-refractivity contribution in [3.63, 3.8) is 0 Å². The Morgan fingerprint density at radius 2 is 2.00 bits per heavy atom. The molecule has 5 heteroatoms. The molecule has 0 spiro atoms. The van der Waals surface area contributed by atoms with E-state index in [1.54, 1.807) is 0 Å². The maximum absolute atomic E-state index is 12.7. The molecule has 2 aliphatic heterocycles. The molecule has 2 aliphatic rings. The van der Waals surface area contributed by atoms with Crippen LogP contribution in [0, 0.1) is 13.8 Å². The van der Waals surface area contributed by atoms with E-state index in [1.165, 1.54) is 0 Å². The molecule has 0 saturated heterocycles. The topological polar surface area (TPSA) is 67.2 Å². The summed E-state index contributed by atoms with van der Waals surface area (Å²) in [5, 5.41) is 13.8. The Kier molecular flexibility index (Phi) is 3.13. The van der Waals surface area contributed by atoms with E-state index in [0.29, 0.717) is 12.0 Å². The molecular weight excluding hydrogens is 290 g/mol. The minimum Gasteiger partial charge on any atom is -0.382 e. The third-order valence-electron chi connectivity index (χ3n) is 4.91. The Balaban J connectivity index is 1.83. The molecule has 1 aromatic heterocycles. The number of rotatable bonds is 1. The first-order valence-corrected chi connectivity index (χ1v) is 7.89. The number of ketones is 1. The van der Waals surface area contributed by atoms with E-state index < -0.39 is 12.1 Å². The number of hydrogen-bond donors (Lipinski definition) is 2. The summed E-state index contributed by atoms with van der Waals surface area (Å²) in [6.07, 6.45) is -0.427. The monoisotopic (exact) mass is 309 g/mol. The fourth-order valence-corrected chi connectivity index (χ4v) is 3.49. The van der Waals surface area contributed by atoms with Gasteiger partial charge in [-0.3, -0.25) is 4.79 Å². The van der Waals surface area contributed by atoms with Gasteiger partial charge in [0, 0.05) is 17.8 Å². The van der Waals surface area contributed by atoms with Crippen molar-refractivity contribution in [3.8, 4) is 0 Å². The highest BCUT2D eigenvalue weighted by molar-refractivity contribution is 6.06. The molecule has 1 aromatic carbocycles. The molecule has 0 fully saturated rings. The maximum atomic E-state index is 12.7. The van der Waals surface area contributed by atoms with Crippen LogP contribution in [-0.2, 0) is 11.3 Å². The lowest BCUT2D eigenvalue weighted by Crippen LogP contribution is -2.44. The fraction of sp³-hybridized carbons (Fsp3) is 0.333. The van der Waals surface area contributed by atoms with Crippen molar-refractivity contribution in [2.75, 3.05) is 0 Å². The average Bonchev–Trinajstić information content (AvgIpc) is 2.86. The number of Topliss-reactive ketones (excluding diaryl/α,β-unsaturated/α-hetero) is 1. The Morgan fingerprint density at radius 3 is 2.74 bits per heavy atom. The average molecular weight is 309 g/mol. The lowest BCUT2D eigenvalue weighted by molar-refractivity contribution is -0.125. The van der Waals surface area contributed by atoms with Crippen molar-refractivity contribution in [2.24, 2.45) is 0 Å². The van der Waals surface area contributed by atoms with Crippen molar-refractivity contribution in [3.05, 3.63) is 58.7 Å². The van der Waals surface area contributed by atoms with Gasteiger partial charge in [-0.05, 0) is 25.8 Å². The van der Waals surface area contributed by atoms with Crippen LogP contribution in [0.15, 0.2) is 35.9 Å². The fourth-order valence-electron chi connectivity index (χ4n) is 3.49. The highest BCUT2D eigenvalue weighted by atomic mass is 16.3. The number of imidazole rings is 1. The number of aryl methyl sites for hydroxylation is 1. The number of carbonyl (C=O) groups is 1. The quantitative estimate of drug-likeness (QED) is 0.844. The van der Waals surface area contributed by atoms with Crippen LogP contribution < -0.4 is 5.32 Å². The van der Waals surface area contributed by atoms with Crippen molar-refractivity contribution in [1.29, 1.82) is 0 Å². The van der Waals surface area contributed by atoms with Gasteiger partial charge in [0.1, 0.15) is 6.10 Å². The van der Waals surface area contributed by atoms with Gasteiger partial charge >= 0.3 is 0 Å². The molecule has 5 nitrogen and oxygen atoms in total. The number of carbonyl (C=O) groups excluding carboxylic acids is 1. The van der Waals surface area contributed by atoms with Crippen LogP contribution in [0.5, 0.6) is 0 Å². The highest BCUT2D eigenvalue weighted by Gasteiger charge is 2.39. The molecule has 2 atom stereocenters. The highest BCUT2D eigenvalue weighted by Crippen LogP contribution is 2.35. The van der Waals surface area contributed by atoms with Crippen LogP contribution in [0.2, 0.25) is 0 Å². The molecule has 0 bridgehead atoms. The number of benzene rings is 1. The zero-order valence-corrected chi connectivity index (χ0v) is 13.2. The minimum absolute atomic E-state index is 0.183. The smallest absolute Gasteiger partial charge is 0.192 e. The number of nitrogens with zero attached hydrogens (tertiary/aromatic N) is 2. The number of nitrogens with one attached hydrogen (secondary N) is 1. The van der Waals surface area contributed by atoms with Gasteiger partial charge in [0.15, 0.2) is 11.6 Å². The molecule has 23 heavy (non-hydrogen) atoms. The summed E-state index contributed by atoms with van der Waals surface area (Å²) in [4.78, 5) is 17.3. The summed E-state index contributed by atoms with van der Waals surface area (Å²) in [6.45, 7) is 4.76. The summed E-state index contributed by atoms with van der Waals surface area (Å²) in [5.74, 6) is 0.625. The van der Waals surface area contributed by atoms with E-state index in [4.69, 9.17) is 0 Å². The molecule has 4 rings (SSSR count). The van der Waals surface area contributed by atoms with Crippen LogP contribution in [0.1, 0.15) is 35.2 Å². The van der Waals surface area contributed by atoms with E-state index in [-0.39, 0.29) is 5.78 Å². The Hall–Kier alpha value is -2.40. The zero-order valence-electron chi connectivity index (χ0n) is 13.2. The molecule has 0 unspecified atom stereocenters. The van der Waals surface area contributed by atoms with E-state index in [1.807, 2.05) is 44.2 Å². The second-order valence-electron chi connectivity index (χ2n) is 6.20. The van der Waals surface area contributed by atoms with Crippen LogP contribution in [0.4, 0.5) is 0 Å². The summed E-state index contributed by atoms with van der Waals surface area (Å²) >= 11 is 0. The number of hydrogen-bond acceptors (Lipinski definition) is 4. The van der Waals surface area contributed by atoms with E-state index >= 15 is 0 Å². The van der Waals surface area contributed by atoms with Gasteiger partial charge in [0.25, 0.3) is 0 Å². The molecule has 2 N–H and O–H groups in total. The van der Waals surface area contributed by atoms with Crippen molar-refractivity contribution < 1.29 is 9.90 Å². The first-order chi connectivity index (χ1) is 11.1. The molecule has 0 radical (unpaired) electrons. The molecule has 118 valence electrons. The lowest BCUT2D eigenvalue weighted by Gasteiger charge is -2.35.